The first-order chi connectivity index (χ1) is 14.5. The molecule has 6 heteroatoms. The summed E-state index contributed by atoms with van der Waals surface area (Å²) in [7, 11) is 0. The number of hydrogen-bond donors (Lipinski definition) is 1. The molecule has 30 heavy (non-hydrogen) atoms. The van der Waals surface area contributed by atoms with E-state index in [0.29, 0.717) is 23.7 Å². The first-order valence-corrected chi connectivity index (χ1v) is 9.93. The second-order valence-corrected chi connectivity index (χ2v) is 7.50. The molecule has 1 aromatic heterocycles. The fourth-order valence-electron chi connectivity index (χ4n) is 4.10. The average molecular weight is 409 g/mol. The summed E-state index contributed by atoms with van der Waals surface area (Å²) >= 11 is 0. The van der Waals surface area contributed by atoms with Gasteiger partial charge in [-0.3, -0.25) is 4.98 Å². The summed E-state index contributed by atoms with van der Waals surface area (Å²) in [6.45, 7) is 0. The normalized spacial score (nSPS) is 15.5. The average Bonchev–Trinajstić information content (AvgIpc) is 2.74. The van der Waals surface area contributed by atoms with Gasteiger partial charge in [0.1, 0.15) is 11.6 Å². The Bertz CT molecular complexity index is 1080. The van der Waals surface area contributed by atoms with Crippen molar-refractivity contribution in [2.24, 2.45) is 0 Å². The molecule has 0 amide bonds. The fourth-order valence-corrected chi connectivity index (χ4v) is 4.10. The van der Waals surface area contributed by atoms with Gasteiger partial charge in [0.15, 0.2) is 11.6 Å². The minimum absolute atomic E-state index is 0.0125. The van der Waals surface area contributed by atoms with Crippen molar-refractivity contribution in [2.75, 3.05) is 0 Å². The highest BCUT2D eigenvalue weighted by Crippen LogP contribution is 2.37. The topological polar surface area (TPSA) is 59.4 Å². The standard InChI is InChI=1S/C24H21F2NO3/c25-18-6-9-23(22(26)13-18)30-19-7-8-20-15(2-1-3-16(20)12-19)4-5-17-14-27-11-10-21(17)24(28)29/h6-15H,1-5H2,(H,28,29). The van der Waals surface area contributed by atoms with E-state index in [2.05, 4.69) is 4.98 Å². The summed E-state index contributed by atoms with van der Waals surface area (Å²) < 4.78 is 32.6. The number of halogens is 2. The maximum Gasteiger partial charge on any atom is 0.336 e. The Labute approximate surface area is 173 Å². The number of carboxylic acids is 1. The number of ether oxygens (including phenoxy) is 1. The van der Waals surface area contributed by atoms with E-state index in [-0.39, 0.29) is 5.75 Å². The van der Waals surface area contributed by atoms with Gasteiger partial charge in [0, 0.05) is 18.5 Å². The largest absolute Gasteiger partial charge is 0.478 e. The predicted octanol–water partition coefficient (Wildman–Crippen LogP) is 5.90. The molecule has 3 aromatic rings. The summed E-state index contributed by atoms with van der Waals surface area (Å²) in [4.78, 5) is 15.5. The number of carboxylic acid groups (broad SMARTS) is 1. The zero-order chi connectivity index (χ0) is 21.1. The molecule has 4 nitrogen and oxygen atoms in total. The molecule has 1 unspecified atom stereocenters. The molecule has 154 valence electrons. The second-order valence-electron chi connectivity index (χ2n) is 7.50. The van der Waals surface area contributed by atoms with E-state index in [4.69, 9.17) is 4.74 Å². The highest BCUT2D eigenvalue weighted by molar-refractivity contribution is 5.89. The number of benzene rings is 2. The molecule has 2 aromatic carbocycles. The van der Waals surface area contributed by atoms with Gasteiger partial charge in [0.05, 0.1) is 5.56 Å². The monoisotopic (exact) mass is 409 g/mol. The van der Waals surface area contributed by atoms with Crippen LogP contribution in [0.3, 0.4) is 0 Å². The van der Waals surface area contributed by atoms with Crippen LogP contribution < -0.4 is 4.74 Å². The predicted molar refractivity (Wildman–Crippen MR) is 108 cm³/mol. The van der Waals surface area contributed by atoms with Gasteiger partial charge in [0.25, 0.3) is 0 Å². The second kappa shape index (κ2) is 8.61. The van der Waals surface area contributed by atoms with Crippen molar-refractivity contribution in [1.82, 2.24) is 4.98 Å². The quantitative estimate of drug-likeness (QED) is 0.550. The number of rotatable bonds is 6. The minimum Gasteiger partial charge on any atom is -0.478 e. The number of aromatic nitrogens is 1. The van der Waals surface area contributed by atoms with Crippen LogP contribution in [0, 0.1) is 11.6 Å². The smallest absolute Gasteiger partial charge is 0.336 e. The Balaban J connectivity index is 1.50. The number of aromatic carboxylic acids is 1. The third kappa shape index (κ3) is 4.32. The first kappa shape index (κ1) is 20.0. The minimum atomic E-state index is -0.939. The molecule has 0 radical (unpaired) electrons. The van der Waals surface area contributed by atoms with Crippen molar-refractivity contribution in [3.63, 3.8) is 0 Å². The zero-order valence-electron chi connectivity index (χ0n) is 16.3. The lowest BCUT2D eigenvalue weighted by Gasteiger charge is -2.26. The van der Waals surface area contributed by atoms with Crippen LogP contribution in [0.4, 0.5) is 8.78 Å². The summed E-state index contributed by atoms with van der Waals surface area (Å²) in [6.07, 6.45) is 7.54. The van der Waals surface area contributed by atoms with Gasteiger partial charge >= 0.3 is 5.97 Å². The molecule has 4 rings (SSSR count). The van der Waals surface area contributed by atoms with Gasteiger partial charge in [-0.25, -0.2) is 13.6 Å². The number of carbonyl (C=O) groups is 1. The van der Waals surface area contributed by atoms with E-state index in [1.165, 1.54) is 23.9 Å². The highest BCUT2D eigenvalue weighted by Gasteiger charge is 2.22. The summed E-state index contributed by atoms with van der Waals surface area (Å²) in [6, 6.07) is 10.5. The van der Waals surface area contributed by atoms with Crippen molar-refractivity contribution < 1.29 is 23.4 Å². The number of nitrogens with zero attached hydrogens (tertiary/aromatic N) is 1. The Hall–Kier alpha value is -3.28. The molecular weight excluding hydrogens is 388 g/mol. The van der Waals surface area contributed by atoms with E-state index >= 15 is 0 Å². The molecule has 0 saturated heterocycles. The van der Waals surface area contributed by atoms with Crippen LogP contribution in [0.1, 0.15) is 52.2 Å². The van der Waals surface area contributed by atoms with Crippen molar-refractivity contribution >= 4 is 5.97 Å². The molecule has 0 saturated carbocycles. The summed E-state index contributed by atoms with van der Waals surface area (Å²) in [5.74, 6) is -1.51. The van der Waals surface area contributed by atoms with Gasteiger partial charge in [-0.15, -0.1) is 0 Å². The maximum atomic E-state index is 13.9. The number of hydrogen-bond acceptors (Lipinski definition) is 3. The Morgan fingerprint density at radius 1 is 1.17 bits per heavy atom. The lowest BCUT2D eigenvalue weighted by atomic mass is 9.79. The van der Waals surface area contributed by atoms with Crippen LogP contribution in [0.2, 0.25) is 0 Å². The lowest BCUT2D eigenvalue weighted by molar-refractivity contribution is 0.0695. The van der Waals surface area contributed by atoms with E-state index in [1.54, 1.807) is 12.3 Å². The van der Waals surface area contributed by atoms with Crippen LogP contribution in [0.25, 0.3) is 0 Å². The Kier molecular flexibility index (Phi) is 5.74. The van der Waals surface area contributed by atoms with Gasteiger partial charge in [-0.05, 0) is 85.0 Å². The fraction of sp³-hybridized carbons (Fsp3) is 0.250. The summed E-state index contributed by atoms with van der Waals surface area (Å²) in [5, 5.41) is 9.36. The zero-order valence-corrected chi connectivity index (χ0v) is 16.3. The number of fused-ring (bicyclic) bond motifs is 1. The van der Waals surface area contributed by atoms with E-state index in [9.17, 15) is 18.7 Å². The molecule has 0 bridgehead atoms. The Morgan fingerprint density at radius 2 is 2.03 bits per heavy atom. The van der Waals surface area contributed by atoms with Crippen molar-refractivity contribution in [1.29, 1.82) is 0 Å². The van der Waals surface area contributed by atoms with E-state index in [1.807, 2.05) is 12.1 Å². The SMILES string of the molecule is O=C(O)c1ccncc1CCC1CCCc2cc(Oc3ccc(F)cc3F)ccc21. The highest BCUT2D eigenvalue weighted by atomic mass is 19.1. The van der Waals surface area contributed by atoms with E-state index < -0.39 is 17.6 Å². The molecule has 1 atom stereocenters. The van der Waals surface area contributed by atoms with Gasteiger partial charge in [-0.2, -0.15) is 0 Å². The van der Waals surface area contributed by atoms with Crippen molar-refractivity contribution in [3.8, 4) is 11.5 Å². The Morgan fingerprint density at radius 3 is 2.83 bits per heavy atom. The van der Waals surface area contributed by atoms with Crippen LogP contribution >= 0.6 is 0 Å². The maximum absolute atomic E-state index is 13.9. The number of aryl methyl sites for hydroxylation is 2. The van der Waals surface area contributed by atoms with Crippen LogP contribution in [0.5, 0.6) is 11.5 Å². The summed E-state index contributed by atoms with van der Waals surface area (Å²) in [5.41, 5.74) is 3.40. The molecular formula is C24H21F2NO3. The third-order valence-electron chi connectivity index (χ3n) is 5.57. The molecule has 1 aliphatic carbocycles. The van der Waals surface area contributed by atoms with Crippen molar-refractivity contribution in [2.45, 2.75) is 38.0 Å². The van der Waals surface area contributed by atoms with Gasteiger partial charge < -0.3 is 9.84 Å². The molecule has 1 heterocycles. The van der Waals surface area contributed by atoms with Crippen LogP contribution in [0.15, 0.2) is 54.9 Å². The van der Waals surface area contributed by atoms with E-state index in [0.717, 1.165) is 48.9 Å². The lowest BCUT2D eigenvalue weighted by Crippen LogP contribution is -2.12. The molecule has 0 spiro atoms. The molecule has 1 aliphatic rings. The first-order valence-electron chi connectivity index (χ1n) is 9.93. The van der Waals surface area contributed by atoms with Gasteiger partial charge in [0.2, 0.25) is 0 Å². The van der Waals surface area contributed by atoms with Gasteiger partial charge in [-0.1, -0.05) is 6.07 Å². The number of pyridine rings is 1. The molecule has 1 N–H and O–H groups in total. The van der Waals surface area contributed by atoms with Crippen LogP contribution in [-0.2, 0) is 12.8 Å². The van der Waals surface area contributed by atoms with Crippen molar-refractivity contribution in [3.05, 3.63) is 88.7 Å². The third-order valence-corrected chi connectivity index (χ3v) is 5.57. The molecule has 0 fully saturated rings. The van der Waals surface area contributed by atoms with Crippen LogP contribution in [-0.4, -0.2) is 16.1 Å². The molecule has 0 aliphatic heterocycles.